The first-order valence-corrected chi connectivity index (χ1v) is 15.6. The Hall–Kier alpha value is -4.39. The number of aromatic nitrogens is 1. The van der Waals surface area contributed by atoms with E-state index >= 15 is 0 Å². The van der Waals surface area contributed by atoms with Gasteiger partial charge in [-0.15, -0.1) is 0 Å². The van der Waals surface area contributed by atoms with Crippen LogP contribution in [0.4, 0.5) is 4.79 Å². The summed E-state index contributed by atoms with van der Waals surface area (Å²) in [5.41, 5.74) is 3.01. The number of hydrogen-bond donors (Lipinski definition) is 2. The summed E-state index contributed by atoms with van der Waals surface area (Å²) in [6.07, 6.45) is 3.89. The van der Waals surface area contributed by atoms with Crippen molar-refractivity contribution in [1.29, 1.82) is 0 Å². The van der Waals surface area contributed by atoms with E-state index in [1.165, 1.54) is 4.90 Å². The Kier molecular flexibility index (Phi) is 7.82. The topological polar surface area (TPSA) is 99.7 Å². The number of hydrogen-bond acceptors (Lipinski definition) is 4. The number of nitrogens with zero attached hydrogens (tertiary/aromatic N) is 1. The molecule has 7 heteroatoms. The van der Waals surface area contributed by atoms with Crippen molar-refractivity contribution in [1.82, 2.24) is 9.88 Å². The minimum absolute atomic E-state index is 0.0504. The van der Waals surface area contributed by atoms with Crippen molar-refractivity contribution in [2.45, 2.75) is 82.9 Å². The minimum Gasteiger partial charge on any atom is -0.480 e. The molecule has 3 aromatic carbocycles. The predicted molar refractivity (Wildman–Crippen MR) is 171 cm³/mol. The van der Waals surface area contributed by atoms with E-state index in [0.29, 0.717) is 5.56 Å². The number of aromatic amines is 1. The third kappa shape index (κ3) is 5.40. The number of carbonyl (C=O) groups excluding carboxylic acids is 2. The third-order valence-electron chi connectivity index (χ3n) is 9.29. The maximum atomic E-state index is 14.4. The number of aliphatic carboxylic acids is 1. The molecule has 1 aliphatic carbocycles. The summed E-state index contributed by atoms with van der Waals surface area (Å²) in [6.45, 7) is 5.34. The molecule has 228 valence electrons. The van der Waals surface area contributed by atoms with Crippen molar-refractivity contribution in [2.24, 2.45) is 5.92 Å². The van der Waals surface area contributed by atoms with E-state index in [-0.39, 0.29) is 24.5 Å². The van der Waals surface area contributed by atoms with E-state index < -0.39 is 29.2 Å². The zero-order valence-electron chi connectivity index (χ0n) is 25.6. The number of amides is 1. The van der Waals surface area contributed by atoms with Crippen molar-refractivity contribution in [3.05, 3.63) is 95.7 Å². The van der Waals surface area contributed by atoms with E-state index in [1.807, 2.05) is 78.9 Å². The lowest BCUT2D eigenvalue weighted by Gasteiger charge is -2.54. The Labute approximate surface area is 258 Å². The molecular formula is C37H40N2O5. The molecule has 2 atom stereocenters. The van der Waals surface area contributed by atoms with Gasteiger partial charge in [-0.05, 0) is 62.3 Å². The van der Waals surface area contributed by atoms with Gasteiger partial charge in [0.15, 0.2) is 5.78 Å². The quantitative estimate of drug-likeness (QED) is 0.220. The number of benzene rings is 3. The van der Waals surface area contributed by atoms with Crippen LogP contribution in [0, 0.1) is 5.92 Å². The summed E-state index contributed by atoms with van der Waals surface area (Å²) in [4.78, 5) is 46.8. The smallest absolute Gasteiger partial charge is 0.411 e. The average molecular weight is 593 g/mol. The number of para-hydroxylation sites is 1. The summed E-state index contributed by atoms with van der Waals surface area (Å²) in [6, 6.07) is 24.2. The maximum Gasteiger partial charge on any atom is 0.411 e. The van der Waals surface area contributed by atoms with Gasteiger partial charge < -0.3 is 14.8 Å². The first kappa shape index (κ1) is 29.7. The molecule has 0 saturated heterocycles. The van der Waals surface area contributed by atoms with Gasteiger partial charge in [0.1, 0.15) is 11.6 Å². The monoisotopic (exact) mass is 592 g/mol. The number of nitrogens with one attached hydrogen (secondary N) is 1. The third-order valence-corrected chi connectivity index (χ3v) is 9.29. The highest BCUT2D eigenvalue weighted by molar-refractivity contribution is 5.99. The first-order chi connectivity index (χ1) is 21.1. The Morgan fingerprint density at radius 1 is 0.886 bits per heavy atom. The van der Waals surface area contributed by atoms with Gasteiger partial charge in [-0.25, -0.2) is 9.59 Å². The number of H-pyrrole nitrogens is 1. The average Bonchev–Trinajstić information content (AvgIpc) is 3.40. The molecular weight excluding hydrogens is 552 g/mol. The van der Waals surface area contributed by atoms with E-state index in [2.05, 4.69) is 4.98 Å². The van der Waals surface area contributed by atoms with Crippen molar-refractivity contribution in [3.8, 4) is 11.1 Å². The SMILES string of the molecule is CC(C)(C)OC(=O)N1[C@@H](C(=O)O)Cc2c([nH]c3ccccc23)[C@@]1(CC(=O)c1ccc(-c2ccccc2)cc1)C1CCCCC1. The molecule has 0 spiro atoms. The van der Waals surface area contributed by atoms with Crippen LogP contribution < -0.4 is 0 Å². The van der Waals surface area contributed by atoms with Gasteiger partial charge in [-0.3, -0.25) is 9.69 Å². The highest BCUT2D eigenvalue weighted by Crippen LogP contribution is 2.53. The molecule has 2 heterocycles. The van der Waals surface area contributed by atoms with Crippen molar-refractivity contribution >= 4 is 28.7 Å². The molecule has 44 heavy (non-hydrogen) atoms. The van der Waals surface area contributed by atoms with Gasteiger partial charge in [-0.2, -0.15) is 0 Å². The Balaban J connectivity index is 1.53. The second kappa shape index (κ2) is 11.6. The molecule has 2 N–H and O–H groups in total. The second-order valence-electron chi connectivity index (χ2n) is 13.2. The van der Waals surface area contributed by atoms with Crippen LogP contribution in [0.2, 0.25) is 0 Å². The Morgan fingerprint density at radius 3 is 2.18 bits per heavy atom. The molecule has 4 aromatic rings. The van der Waals surface area contributed by atoms with Crippen LogP contribution in [0.3, 0.4) is 0 Å². The summed E-state index contributed by atoms with van der Waals surface area (Å²) in [5, 5.41) is 11.6. The van der Waals surface area contributed by atoms with Crippen LogP contribution in [0.25, 0.3) is 22.0 Å². The summed E-state index contributed by atoms with van der Waals surface area (Å²) in [5.74, 6) is -1.38. The molecule has 6 rings (SSSR count). The first-order valence-electron chi connectivity index (χ1n) is 15.6. The van der Waals surface area contributed by atoms with Gasteiger partial charge in [0.05, 0.1) is 5.54 Å². The van der Waals surface area contributed by atoms with Gasteiger partial charge in [-0.1, -0.05) is 92.1 Å². The number of ether oxygens (including phenoxy) is 1. The fourth-order valence-electron chi connectivity index (χ4n) is 7.39. The maximum absolute atomic E-state index is 14.4. The van der Waals surface area contributed by atoms with Crippen LogP contribution in [-0.4, -0.2) is 44.5 Å². The molecule has 2 aliphatic rings. The zero-order valence-corrected chi connectivity index (χ0v) is 25.6. The van der Waals surface area contributed by atoms with Gasteiger partial charge in [0.25, 0.3) is 0 Å². The number of Topliss-reactive ketones (excluding diaryl/α,β-unsaturated/α-hetero) is 1. The van der Waals surface area contributed by atoms with Gasteiger partial charge in [0, 0.05) is 35.0 Å². The molecule has 0 radical (unpaired) electrons. The zero-order chi connectivity index (χ0) is 31.1. The molecule has 1 amide bonds. The second-order valence-corrected chi connectivity index (χ2v) is 13.2. The Bertz CT molecular complexity index is 1680. The number of ketones is 1. The molecule has 1 fully saturated rings. The van der Waals surface area contributed by atoms with E-state index in [4.69, 9.17) is 4.74 Å². The molecule has 0 bridgehead atoms. The fourth-order valence-corrected chi connectivity index (χ4v) is 7.39. The van der Waals surface area contributed by atoms with Crippen LogP contribution in [0.15, 0.2) is 78.9 Å². The predicted octanol–water partition coefficient (Wildman–Crippen LogP) is 8.13. The number of carboxylic acids is 1. The molecule has 1 aromatic heterocycles. The minimum atomic E-state index is -1.23. The van der Waals surface area contributed by atoms with E-state index in [9.17, 15) is 19.5 Å². The number of carboxylic acid groups (broad SMARTS) is 1. The van der Waals surface area contributed by atoms with E-state index in [0.717, 1.165) is 65.4 Å². The number of rotatable bonds is 6. The van der Waals surface area contributed by atoms with Crippen LogP contribution in [0.5, 0.6) is 0 Å². The lowest BCUT2D eigenvalue weighted by atomic mass is 9.65. The molecule has 1 saturated carbocycles. The van der Waals surface area contributed by atoms with Crippen LogP contribution in [-0.2, 0) is 21.5 Å². The normalized spacial score (nSPS) is 20.7. The molecule has 7 nitrogen and oxygen atoms in total. The lowest BCUT2D eigenvalue weighted by molar-refractivity contribution is -0.149. The van der Waals surface area contributed by atoms with Crippen molar-refractivity contribution < 1.29 is 24.2 Å². The summed E-state index contributed by atoms with van der Waals surface area (Å²) < 4.78 is 5.94. The number of carbonyl (C=O) groups is 3. The number of fused-ring (bicyclic) bond motifs is 3. The Morgan fingerprint density at radius 2 is 1.52 bits per heavy atom. The highest BCUT2D eigenvalue weighted by Gasteiger charge is 2.58. The van der Waals surface area contributed by atoms with E-state index in [1.54, 1.807) is 20.8 Å². The lowest BCUT2D eigenvalue weighted by Crippen LogP contribution is -2.65. The summed E-state index contributed by atoms with van der Waals surface area (Å²) in [7, 11) is 0. The fraction of sp³-hybridized carbons (Fsp3) is 0.378. The highest BCUT2D eigenvalue weighted by atomic mass is 16.6. The largest absolute Gasteiger partial charge is 0.480 e. The van der Waals surface area contributed by atoms with Crippen molar-refractivity contribution in [2.75, 3.05) is 0 Å². The molecule has 1 aliphatic heterocycles. The molecule has 0 unspecified atom stereocenters. The van der Waals surface area contributed by atoms with Gasteiger partial charge in [0.2, 0.25) is 0 Å². The van der Waals surface area contributed by atoms with Crippen LogP contribution in [0.1, 0.15) is 80.9 Å². The standard InChI is InChI=1S/C37H40N2O5/c1-36(2,3)44-35(43)39-31(34(41)42)22-29-28-16-10-11-17-30(28)38-33(29)37(39,27-14-8-5-9-15-27)23-32(40)26-20-18-25(19-21-26)24-12-6-4-7-13-24/h4,6-7,10-13,16-21,27,31,38H,5,8-9,14-15,22-23H2,1-3H3,(H,41,42)/t31-,37-/m1/s1. The van der Waals surface area contributed by atoms with Crippen molar-refractivity contribution in [3.63, 3.8) is 0 Å². The van der Waals surface area contributed by atoms with Crippen LogP contribution >= 0.6 is 0 Å². The summed E-state index contributed by atoms with van der Waals surface area (Å²) >= 11 is 0. The van der Waals surface area contributed by atoms with Gasteiger partial charge >= 0.3 is 12.1 Å².